The van der Waals surface area contributed by atoms with E-state index >= 15 is 0 Å². The Balaban J connectivity index is 0.00000484. The number of amides is 1. The van der Waals surface area contributed by atoms with Crippen LogP contribution >= 0.6 is 12.4 Å². The Labute approximate surface area is 145 Å². The lowest BCUT2D eigenvalue weighted by Crippen LogP contribution is -2.42. The molecule has 23 heavy (non-hydrogen) atoms. The molecule has 1 amide bonds. The summed E-state index contributed by atoms with van der Waals surface area (Å²) in [7, 11) is -3.15. The van der Waals surface area contributed by atoms with Crippen molar-refractivity contribution in [1.29, 1.82) is 0 Å². The van der Waals surface area contributed by atoms with Gasteiger partial charge in [-0.1, -0.05) is 44.2 Å². The van der Waals surface area contributed by atoms with Gasteiger partial charge in [-0.2, -0.15) is 0 Å². The molecule has 0 aliphatic heterocycles. The first-order valence-corrected chi connectivity index (χ1v) is 9.40. The van der Waals surface area contributed by atoms with E-state index in [4.69, 9.17) is 5.73 Å². The first-order chi connectivity index (χ1) is 10.3. The molecule has 0 bridgehead atoms. The minimum atomic E-state index is -3.15. The van der Waals surface area contributed by atoms with Gasteiger partial charge in [-0.3, -0.25) is 4.79 Å². The van der Waals surface area contributed by atoms with Gasteiger partial charge in [0, 0.05) is 6.54 Å². The molecular formula is C16H27ClN2O3S. The van der Waals surface area contributed by atoms with Crippen molar-refractivity contribution >= 4 is 28.2 Å². The number of carbonyl (C=O) groups is 1. The van der Waals surface area contributed by atoms with Crippen LogP contribution in [0, 0.1) is 5.92 Å². The highest BCUT2D eigenvalue weighted by Crippen LogP contribution is 2.07. The molecule has 0 radical (unpaired) electrons. The molecule has 132 valence electrons. The van der Waals surface area contributed by atoms with Crippen molar-refractivity contribution < 1.29 is 13.2 Å². The van der Waals surface area contributed by atoms with Crippen molar-refractivity contribution in [2.45, 2.75) is 38.5 Å². The maximum Gasteiger partial charge on any atom is 0.236 e. The smallest absolute Gasteiger partial charge is 0.236 e. The van der Waals surface area contributed by atoms with Gasteiger partial charge in [0.1, 0.15) is 0 Å². The molecule has 1 rings (SSSR count). The summed E-state index contributed by atoms with van der Waals surface area (Å²) >= 11 is 0. The third kappa shape index (κ3) is 9.58. The van der Waals surface area contributed by atoms with Gasteiger partial charge in [-0.15, -0.1) is 12.4 Å². The second-order valence-corrected chi connectivity index (χ2v) is 8.14. The van der Waals surface area contributed by atoms with Crippen LogP contribution in [0.3, 0.4) is 0 Å². The molecule has 0 aromatic heterocycles. The minimum Gasteiger partial charge on any atom is -0.355 e. The number of rotatable bonds is 9. The molecule has 1 aromatic rings. The quantitative estimate of drug-likeness (QED) is 0.656. The van der Waals surface area contributed by atoms with Crippen molar-refractivity contribution in [3.8, 4) is 0 Å². The summed E-state index contributed by atoms with van der Waals surface area (Å²) in [6.45, 7) is 4.34. The van der Waals surface area contributed by atoms with Gasteiger partial charge in [0.15, 0.2) is 9.84 Å². The Hall–Kier alpha value is -1.11. The average molecular weight is 363 g/mol. The van der Waals surface area contributed by atoms with Crippen LogP contribution < -0.4 is 11.1 Å². The van der Waals surface area contributed by atoms with Gasteiger partial charge < -0.3 is 11.1 Å². The molecule has 0 saturated heterocycles. The minimum absolute atomic E-state index is 0. The largest absolute Gasteiger partial charge is 0.355 e. The molecule has 1 atom stereocenters. The molecule has 0 fully saturated rings. The van der Waals surface area contributed by atoms with E-state index < -0.39 is 15.9 Å². The predicted octanol–water partition coefficient (Wildman–Crippen LogP) is 1.90. The first-order valence-electron chi connectivity index (χ1n) is 7.58. The number of benzene rings is 1. The SMILES string of the molecule is CC(C)C[C@H](N)C(=O)NCCCS(=O)(=O)Cc1ccccc1.Cl. The van der Waals surface area contributed by atoms with E-state index in [1.54, 1.807) is 12.1 Å². The second-order valence-electron chi connectivity index (χ2n) is 5.96. The van der Waals surface area contributed by atoms with E-state index in [9.17, 15) is 13.2 Å². The predicted molar refractivity (Wildman–Crippen MR) is 96.2 cm³/mol. The van der Waals surface area contributed by atoms with Gasteiger partial charge in [0.25, 0.3) is 0 Å². The molecule has 0 spiro atoms. The Morgan fingerprint density at radius 2 is 1.83 bits per heavy atom. The zero-order valence-electron chi connectivity index (χ0n) is 13.7. The van der Waals surface area contributed by atoms with Crippen molar-refractivity contribution in [3.05, 3.63) is 35.9 Å². The topological polar surface area (TPSA) is 89.3 Å². The molecule has 0 aliphatic carbocycles. The summed E-state index contributed by atoms with van der Waals surface area (Å²) in [5.41, 5.74) is 6.54. The van der Waals surface area contributed by atoms with Crippen LogP contribution in [0.5, 0.6) is 0 Å². The van der Waals surface area contributed by atoms with Crippen LogP contribution in [0.1, 0.15) is 32.3 Å². The molecule has 3 N–H and O–H groups in total. The summed E-state index contributed by atoms with van der Waals surface area (Å²) in [6, 6.07) is 8.56. The number of nitrogens with two attached hydrogens (primary N) is 1. The van der Waals surface area contributed by atoms with Gasteiger partial charge in [0.2, 0.25) is 5.91 Å². The van der Waals surface area contributed by atoms with Crippen LogP contribution in [0.4, 0.5) is 0 Å². The molecule has 7 heteroatoms. The fourth-order valence-corrected chi connectivity index (χ4v) is 3.58. The highest BCUT2D eigenvalue weighted by Gasteiger charge is 2.15. The van der Waals surface area contributed by atoms with E-state index in [0.717, 1.165) is 5.56 Å². The number of halogens is 1. The summed E-state index contributed by atoms with van der Waals surface area (Å²) in [6.07, 6.45) is 1.02. The number of carbonyl (C=O) groups excluding carboxylic acids is 1. The van der Waals surface area contributed by atoms with E-state index in [2.05, 4.69) is 5.32 Å². The van der Waals surface area contributed by atoms with Crippen LogP contribution in [-0.2, 0) is 20.4 Å². The molecule has 0 heterocycles. The van der Waals surface area contributed by atoms with E-state index in [-0.39, 0.29) is 29.8 Å². The maximum atomic E-state index is 12.0. The summed E-state index contributed by atoms with van der Waals surface area (Å²) < 4.78 is 24.0. The van der Waals surface area contributed by atoms with E-state index in [1.165, 1.54) is 0 Å². The molecule has 0 aliphatic rings. The zero-order valence-corrected chi connectivity index (χ0v) is 15.3. The molecule has 0 saturated carbocycles. The van der Waals surface area contributed by atoms with Crippen molar-refractivity contribution in [2.75, 3.05) is 12.3 Å². The van der Waals surface area contributed by atoms with Gasteiger partial charge in [0.05, 0.1) is 17.5 Å². The van der Waals surface area contributed by atoms with Crippen LogP contribution in [-0.4, -0.2) is 32.7 Å². The standard InChI is InChI=1S/C16H26N2O3S.ClH/c1-13(2)11-15(17)16(19)18-9-6-10-22(20,21)12-14-7-4-3-5-8-14;/h3-5,7-8,13,15H,6,9-12,17H2,1-2H3,(H,18,19);1H/t15-;/m0./s1. The summed E-state index contributed by atoms with van der Waals surface area (Å²) in [5, 5.41) is 2.70. The van der Waals surface area contributed by atoms with E-state index in [0.29, 0.717) is 25.3 Å². The average Bonchev–Trinajstić information content (AvgIpc) is 2.43. The fourth-order valence-electron chi connectivity index (χ4n) is 2.15. The lowest BCUT2D eigenvalue weighted by atomic mass is 10.0. The number of nitrogens with one attached hydrogen (secondary N) is 1. The molecule has 1 aromatic carbocycles. The highest BCUT2D eigenvalue weighted by molar-refractivity contribution is 7.90. The Bertz CT molecular complexity index is 562. The Morgan fingerprint density at radius 3 is 2.39 bits per heavy atom. The summed E-state index contributed by atoms with van der Waals surface area (Å²) in [4.78, 5) is 11.7. The normalized spacial score (nSPS) is 12.5. The van der Waals surface area contributed by atoms with Crippen molar-refractivity contribution in [2.24, 2.45) is 11.7 Å². The number of hydrogen-bond donors (Lipinski definition) is 2. The summed E-state index contributed by atoms with van der Waals surface area (Å²) in [5.74, 6) is 0.233. The highest BCUT2D eigenvalue weighted by atomic mass is 35.5. The third-order valence-electron chi connectivity index (χ3n) is 3.22. The maximum absolute atomic E-state index is 12.0. The van der Waals surface area contributed by atoms with Crippen LogP contribution in [0.2, 0.25) is 0 Å². The van der Waals surface area contributed by atoms with Crippen molar-refractivity contribution in [3.63, 3.8) is 0 Å². The zero-order chi connectivity index (χ0) is 16.6. The third-order valence-corrected chi connectivity index (χ3v) is 4.91. The molecule has 0 unspecified atom stereocenters. The fraction of sp³-hybridized carbons (Fsp3) is 0.562. The van der Waals surface area contributed by atoms with E-state index in [1.807, 2.05) is 32.0 Å². The number of sulfone groups is 1. The van der Waals surface area contributed by atoms with Crippen LogP contribution in [0.25, 0.3) is 0 Å². The van der Waals surface area contributed by atoms with Gasteiger partial charge in [-0.05, 0) is 24.3 Å². The molecule has 5 nitrogen and oxygen atoms in total. The monoisotopic (exact) mass is 362 g/mol. The van der Waals surface area contributed by atoms with Crippen molar-refractivity contribution in [1.82, 2.24) is 5.32 Å². The number of hydrogen-bond acceptors (Lipinski definition) is 4. The van der Waals surface area contributed by atoms with Gasteiger partial charge >= 0.3 is 0 Å². The van der Waals surface area contributed by atoms with Gasteiger partial charge in [-0.25, -0.2) is 8.42 Å². The lowest BCUT2D eigenvalue weighted by molar-refractivity contribution is -0.122. The molecular weight excluding hydrogens is 336 g/mol. The lowest BCUT2D eigenvalue weighted by Gasteiger charge is -2.14. The Kier molecular flexibility index (Phi) is 10.1. The Morgan fingerprint density at radius 1 is 1.22 bits per heavy atom. The second kappa shape index (κ2) is 10.6. The first kappa shape index (κ1) is 21.9. The van der Waals surface area contributed by atoms with Crippen LogP contribution in [0.15, 0.2) is 30.3 Å².